The van der Waals surface area contributed by atoms with Crippen molar-refractivity contribution >= 4 is 23.3 Å². The van der Waals surface area contributed by atoms with Crippen molar-refractivity contribution in [3.63, 3.8) is 0 Å². The van der Waals surface area contributed by atoms with Gasteiger partial charge < -0.3 is 16.0 Å². The average Bonchev–Trinajstić information content (AvgIpc) is 2.50. The Morgan fingerprint density at radius 2 is 1.54 bits per heavy atom. The molecule has 2 aromatic carbocycles. The summed E-state index contributed by atoms with van der Waals surface area (Å²) in [6.45, 7) is 3.71. The highest BCUT2D eigenvalue weighted by Gasteiger charge is 2.10. The van der Waals surface area contributed by atoms with E-state index in [-0.39, 0.29) is 30.2 Å². The van der Waals surface area contributed by atoms with Crippen molar-refractivity contribution in [1.29, 1.82) is 0 Å². The van der Waals surface area contributed by atoms with Crippen LogP contribution < -0.4 is 16.0 Å². The van der Waals surface area contributed by atoms with E-state index in [9.17, 15) is 14.0 Å². The molecule has 2 aromatic rings. The number of nitrogens with one attached hydrogen (secondary N) is 3. The average molecular weight is 329 g/mol. The summed E-state index contributed by atoms with van der Waals surface area (Å²) in [5.41, 5.74) is 1.71. The standard InChI is InChI=1S/C18H20FN3O2/c1-12(2)20-18(24)22-16-6-4-3-5-15(16)21-17(23)11-13-7-9-14(19)10-8-13/h3-10,12H,11H2,1-2H3,(H,21,23)(H2,20,22,24). The Kier molecular flexibility index (Phi) is 5.89. The molecule has 0 fully saturated rings. The number of amides is 3. The van der Waals surface area contributed by atoms with Gasteiger partial charge in [-0.25, -0.2) is 9.18 Å². The van der Waals surface area contributed by atoms with E-state index in [1.807, 2.05) is 13.8 Å². The second kappa shape index (κ2) is 8.10. The van der Waals surface area contributed by atoms with Gasteiger partial charge in [-0.05, 0) is 43.7 Å². The first-order valence-electron chi connectivity index (χ1n) is 7.65. The number of carbonyl (C=O) groups excluding carboxylic acids is 2. The van der Waals surface area contributed by atoms with Crippen molar-refractivity contribution in [2.75, 3.05) is 10.6 Å². The maximum Gasteiger partial charge on any atom is 0.319 e. The first-order chi connectivity index (χ1) is 11.4. The van der Waals surface area contributed by atoms with E-state index < -0.39 is 0 Å². The van der Waals surface area contributed by atoms with E-state index in [4.69, 9.17) is 0 Å². The van der Waals surface area contributed by atoms with Crippen molar-refractivity contribution in [3.8, 4) is 0 Å². The SMILES string of the molecule is CC(C)NC(=O)Nc1ccccc1NC(=O)Cc1ccc(F)cc1. The minimum Gasteiger partial charge on any atom is -0.336 e. The molecule has 0 aromatic heterocycles. The molecule has 0 radical (unpaired) electrons. The summed E-state index contributed by atoms with van der Waals surface area (Å²) in [6.07, 6.45) is 0.118. The molecule has 0 heterocycles. The summed E-state index contributed by atoms with van der Waals surface area (Å²) < 4.78 is 12.9. The Balaban J connectivity index is 2.02. The molecular formula is C18H20FN3O2. The Hall–Kier alpha value is -2.89. The van der Waals surface area contributed by atoms with E-state index in [1.165, 1.54) is 12.1 Å². The van der Waals surface area contributed by atoms with Crippen LogP contribution >= 0.6 is 0 Å². The molecule has 0 spiro atoms. The summed E-state index contributed by atoms with van der Waals surface area (Å²) >= 11 is 0. The fourth-order valence-electron chi connectivity index (χ4n) is 2.10. The number of carbonyl (C=O) groups is 2. The van der Waals surface area contributed by atoms with Crippen molar-refractivity contribution < 1.29 is 14.0 Å². The molecule has 24 heavy (non-hydrogen) atoms. The van der Waals surface area contributed by atoms with Gasteiger partial charge in [0.1, 0.15) is 5.82 Å². The number of anilines is 2. The number of urea groups is 1. The van der Waals surface area contributed by atoms with E-state index in [0.29, 0.717) is 16.9 Å². The lowest BCUT2D eigenvalue weighted by Crippen LogP contribution is -2.34. The molecule has 0 bridgehead atoms. The number of para-hydroxylation sites is 2. The van der Waals surface area contributed by atoms with Crippen LogP contribution in [0.4, 0.5) is 20.6 Å². The van der Waals surface area contributed by atoms with Crippen LogP contribution in [0.5, 0.6) is 0 Å². The number of hydrogen-bond donors (Lipinski definition) is 3. The Morgan fingerprint density at radius 1 is 0.958 bits per heavy atom. The molecule has 0 aliphatic rings. The molecule has 5 nitrogen and oxygen atoms in total. The van der Waals surface area contributed by atoms with Crippen molar-refractivity contribution in [1.82, 2.24) is 5.32 Å². The zero-order valence-corrected chi connectivity index (χ0v) is 13.6. The first kappa shape index (κ1) is 17.5. The number of halogens is 1. The lowest BCUT2D eigenvalue weighted by atomic mass is 10.1. The Bertz CT molecular complexity index is 714. The predicted octanol–water partition coefficient (Wildman–Crippen LogP) is 3.54. The lowest BCUT2D eigenvalue weighted by Gasteiger charge is -2.14. The highest BCUT2D eigenvalue weighted by molar-refractivity contribution is 5.99. The molecule has 6 heteroatoms. The molecule has 2 rings (SSSR count). The van der Waals surface area contributed by atoms with Gasteiger partial charge >= 0.3 is 6.03 Å². The molecule has 3 N–H and O–H groups in total. The second-order valence-electron chi connectivity index (χ2n) is 5.65. The highest BCUT2D eigenvalue weighted by Crippen LogP contribution is 2.21. The molecular weight excluding hydrogens is 309 g/mol. The third kappa shape index (κ3) is 5.39. The quantitative estimate of drug-likeness (QED) is 0.785. The summed E-state index contributed by atoms with van der Waals surface area (Å²) in [5.74, 6) is -0.593. The largest absolute Gasteiger partial charge is 0.336 e. The minimum absolute atomic E-state index is 0.00484. The lowest BCUT2D eigenvalue weighted by molar-refractivity contribution is -0.115. The van der Waals surface area contributed by atoms with Crippen LogP contribution in [0.2, 0.25) is 0 Å². The zero-order valence-electron chi connectivity index (χ0n) is 13.6. The van der Waals surface area contributed by atoms with Gasteiger partial charge in [-0.2, -0.15) is 0 Å². The molecule has 126 valence electrons. The van der Waals surface area contributed by atoms with Gasteiger partial charge in [-0.1, -0.05) is 24.3 Å². The summed E-state index contributed by atoms with van der Waals surface area (Å²) in [5, 5.41) is 8.18. The van der Waals surface area contributed by atoms with Crippen molar-refractivity contribution in [3.05, 3.63) is 59.9 Å². The maximum atomic E-state index is 12.9. The monoisotopic (exact) mass is 329 g/mol. The van der Waals surface area contributed by atoms with Crippen LogP contribution in [0.15, 0.2) is 48.5 Å². The van der Waals surface area contributed by atoms with Gasteiger partial charge in [0, 0.05) is 6.04 Å². The third-order valence-corrected chi connectivity index (χ3v) is 3.15. The fourth-order valence-corrected chi connectivity index (χ4v) is 2.10. The van der Waals surface area contributed by atoms with Crippen LogP contribution in [0.3, 0.4) is 0 Å². The third-order valence-electron chi connectivity index (χ3n) is 3.15. The Labute approximate surface area is 140 Å². The van der Waals surface area contributed by atoms with Crippen LogP contribution in [0.1, 0.15) is 19.4 Å². The fraction of sp³-hybridized carbons (Fsp3) is 0.222. The number of rotatable bonds is 5. The highest BCUT2D eigenvalue weighted by atomic mass is 19.1. The zero-order chi connectivity index (χ0) is 17.5. The van der Waals surface area contributed by atoms with Gasteiger partial charge in [0.15, 0.2) is 0 Å². The smallest absolute Gasteiger partial charge is 0.319 e. The molecule has 0 saturated heterocycles. The molecule has 0 saturated carbocycles. The normalized spacial score (nSPS) is 10.3. The van der Waals surface area contributed by atoms with Crippen molar-refractivity contribution in [2.45, 2.75) is 26.3 Å². The number of benzene rings is 2. The first-order valence-corrected chi connectivity index (χ1v) is 7.65. The molecule has 0 atom stereocenters. The van der Waals surface area contributed by atoms with Gasteiger partial charge in [0.2, 0.25) is 5.91 Å². The minimum atomic E-state index is -0.343. The maximum absolute atomic E-state index is 12.9. The molecule has 3 amide bonds. The van der Waals surface area contributed by atoms with Gasteiger partial charge in [-0.3, -0.25) is 4.79 Å². The van der Waals surface area contributed by atoms with E-state index in [0.717, 1.165) is 0 Å². The van der Waals surface area contributed by atoms with Crippen LogP contribution in [0, 0.1) is 5.82 Å². The molecule has 0 unspecified atom stereocenters. The molecule has 0 aliphatic heterocycles. The number of hydrogen-bond acceptors (Lipinski definition) is 2. The van der Waals surface area contributed by atoms with E-state index in [1.54, 1.807) is 36.4 Å². The van der Waals surface area contributed by atoms with Gasteiger partial charge in [0.25, 0.3) is 0 Å². The van der Waals surface area contributed by atoms with Crippen LogP contribution in [0.25, 0.3) is 0 Å². The topological polar surface area (TPSA) is 70.2 Å². The summed E-state index contributed by atoms with van der Waals surface area (Å²) in [7, 11) is 0. The van der Waals surface area contributed by atoms with E-state index in [2.05, 4.69) is 16.0 Å². The van der Waals surface area contributed by atoms with Gasteiger partial charge in [0.05, 0.1) is 17.8 Å². The second-order valence-corrected chi connectivity index (χ2v) is 5.65. The molecule has 0 aliphatic carbocycles. The van der Waals surface area contributed by atoms with Crippen LogP contribution in [-0.2, 0) is 11.2 Å². The van der Waals surface area contributed by atoms with E-state index >= 15 is 0 Å². The Morgan fingerprint density at radius 3 is 2.12 bits per heavy atom. The van der Waals surface area contributed by atoms with Crippen LogP contribution in [-0.4, -0.2) is 18.0 Å². The van der Waals surface area contributed by atoms with Crippen molar-refractivity contribution in [2.24, 2.45) is 0 Å². The summed E-state index contributed by atoms with van der Waals surface area (Å²) in [4.78, 5) is 24.0. The van der Waals surface area contributed by atoms with Gasteiger partial charge in [-0.15, -0.1) is 0 Å². The summed E-state index contributed by atoms with van der Waals surface area (Å²) in [6, 6.07) is 12.4. The predicted molar refractivity (Wildman–Crippen MR) is 92.5 cm³/mol.